The summed E-state index contributed by atoms with van der Waals surface area (Å²) in [6, 6.07) is 5.74. The first-order valence-corrected chi connectivity index (χ1v) is 12.8. The van der Waals surface area contributed by atoms with Crippen molar-refractivity contribution in [2.24, 2.45) is 5.92 Å². The number of hydrogen-bond donors (Lipinski definition) is 2. The molecule has 0 aromatic heterocycles. The molecule has 2 aromatic rings. The molecule has 1 spiro atoms. The highest BCUT2D eigenvalue weighted by atomic mass is 35.5. The molecule has 3 unspecified atom stereocenters. The van der Waals surface area contributed by atoms with Crippen molar-refractivity contribution in [3.8, 4) is 11.5 Å². The third-order valence-corrected chi connectivity index (χ3v) is 7.76. The van der Waals surface area contributed by atoms with Gasteiger partial charge in [-0.05, 0) is 37.1 Å². The molecule has 0 amide bonds. The van der Waals surface area contributed by atoms with Crippen LogP contribution in [0, 0.1) is 5.92 Å². The summed E-state index contributed by atoms with van der Waals surface area (Å²) in [6.45, 7) is 5.45. The number of ketones is 1. The number of fused-ring (bicyclic) bond motifs is 6. The zero-order valence-corrected chi connectivity index (χ0v) is 22.5. The Morgan fingerprint density at radius 3 is 2.31 bits per heavy atom. The average Bonchev–Trinajstić information content (AvgIpc) is 3.11. The predicted molar refractivity (Wildman–Crippen MR) is 139 cm³/mol. The maximum atomic E-state index is 13.1. The lowest BCUT2D eigenvalue weighted by Crippen LogP contribution is -2.50. The molecule has 2 heterocycles. The van der Waals surface area contributed by atoms with E-state index >= 15 is 0 Å². The lowest BCUT2D eigenvalue weighted by molar-refractivity contribution is -0.116. The van der Waals surface area contributed by atoms with Crippen LogP contribution in [0.15, 0.2) is 46.7 Å². The van der Waals surface area contributed by atoms with Crippen molar-refractivity contribution >= 4 is 58.2 Å². The number of allylic oxidation sites excluding steroid dienone is 1. The van der Waals surface area contributed by atoms with Gasteiger partial charge in [-0.1, -0.05) is 66.3 Å². The van der Waals surface area contributed by atoms with Gasteiger partial charge in [0.15, 0.2) is 5.60 Å². The molecule has 2 aromatic carbocycles. The Labute approximate surface area is 228 Å². The summed E-state index contributed by atoms with van der Waals surface area (Å²) in [7, 11) is 0. The van der Waals surface area contributed by atoms with Crippen molar-refractivity contribution in [1.82, 2.24) is 0 Å². The van der Waals surface area contributed by atoms with Crippen LogP contribution in [0.4, 0.5) is 0 Å². The number of aromatic hydroxyl groups is 1. The van der Waals surface area contributed by atoms with Gasteiger partial charge in [0.05, 0.1) is 26.5 Å². The minimum absolute atomic E-state index is 0.0184. The lowest BCUT2D eigenvalue weighted by atomic mass is 9.69. The quantitative estimate of drug-likeness (QED) is 0.371. The number of carbonyl (C=O) groups is 2. The van der Waals surface area contributed by atoms with Crippen LogP contribution in [-0.2, 0) is 15.1 Å². The highest BCUT2D eigenvalue weighted by Crippen LogP contribution is 2.59. The first-order valence-electron chi connectivity index (χ1n) is 11.3. The predicted octanol–water partition coefficient (Wildman–Crippen LogP) is 7.49. The fourth-order valence-corrected chi connectivity index (χ4v) is 5.56. The zero-order chi connectivity index (χ0) is 26.5. The van der Waals surface area contributed by atoms with Gasteiger partial charge in [-0.15, -0.1) is 0 Å². The molecule has 36 heavy (non-hydrogen) atoms. The van der Waals surface area contributed by atoms with Gasteiger partial charge in [0.2, 0.25) is 0 Å². The molecule has 0 bridgehead atoms. The summed E-state index contributed by atoms with van der Waals surface area (Å²) in [5.41, 5.74) is -0.0872. The molecule has 3 atom stereocenters. The second-order valence-electron chi connectivity index (χ2n) is 8.39. The molecule has 0 saturated carbocycles. The second kappa shape index (κ2) is 9.82. The molecule has 0 radical (unpaired) electrons. The maximum Gasteiger partial charge on any atom is 0.339 e. The van der Waals surface area contributed by atoms with E-state index in [9.17, 15) is 19.8 Å². The number of aliphatic hydroxyl groups excluding tert-OH is 1. The maximum absolute atomic E-state index is 13.1. The average molecular weight is 572 g/mol. The minimum Gasteiger partial charge on any atom is -0.506 e. The summed E-state index contributed by atoms with van der Waals surface area (Å²) < 4.78 is 12.2. The number of aliphatic hydroxyl groups is 1. The van der Waals surface area contributed by atoms with E-state index in [1.807, 2.05) is 13.8 Å². The molecule has 190 valence electrons. The Hall–Kier alpha value is -2.38. The van der Waals surface area contributed by atoms with Crippen LogP contribution in [-0.4, -0.2) is 28.1 Å². The van der Waals surface area contributed by atoms with Crippen molar-refractivity contribution in [2.75, 3.05) is 0 Å². The van der Waals surface area contributed by atoms with Crippen LogP contribution < -0.4 is 4.74 Å². The number of benzene rings is 2. The number of esters is 1. The van der Waals surface area contributed by atoms with Crippen molar-refractivity contribution in [3.05, 3.63) is 78.5 Å². The van der Waals surface area contributed by atoms with Gasteiger partial charge in [0.1, 0.15) is 34.2 Å². The number of Topliss-reactive ketones (excluding diaryl/α,β-unsaturated/α-hetero) is 1. The Bertz CT molecular complexity index is 1350. The van der Waals surface area contributed by atoms with E-state index in [1.165, 1.54) is 25.1 Å². The lowest BCUT2D eigenvalue weighted by Gasteiger charge is -2.46. The third-order valence-electron chi connectivity index (χ3n) is 6.34. The largest absolute Gasteiger partial charge is 0.506 e. The first-order chi connectivity index (χ1) is 17.0. The first kappa shape index (κ1) is 26.7. The van der Waals surface area contributed by atoms with Crippen LogP contribution in [0.2, 0.25) is 15.1 Å². The van der Waals surface area contributed by atoms with Crippen molar-refractivity contribution in [2.45, 2.75) is 45.3 Å². The standard InChI is InChI=1S/C24H16Cl4O6.C2H6/c1-9(29)2-3-10-4-14-22(20(28)21(10)31)33-19-8-18(30)17(27)7-13(19)24(14)12-6-16(26)15(25)5-11(12)23(32)34-24;1-2/h4-8,14,22,30-31H,2-3H2,1H3;1-2H3. The SMILES string of the molecule is CC.CC(=O)CCC1=CC2C(Oc3cc(O)c(Cl)cc3C23OC(=O)c2cc(Cl)c(Cl)cc23)C(Cl)=C1O. The second-order valence-corrected chi connectivity index (χ2v) is 10.0. The van der Waals surface area contributed by atoms with Gasteiger partial charge >= 0.3 is 5.97 Å². The Morgan fingerprint density at radius 1 is 1.00 bits per heavy atom. The molecule has 0 saturated heterocycles. The Balaban J connectivity index is 0.00000148. The number of ether oxygens (including phenoxy) is 2. The highest BCUT2D eigenvalue weighted by molar-refractivity contribution is 6.42. The number of rotatable bonds is 3. The normalized spacial score (nSPS) is 23.5. The molecule has 1 aliphatic carbocycles. The molecule has 5 rings (SSSR count). The minimum atomic E-state index is -1.50. The van der Waals surface area contributed by atoms with E-state index < -0.39 is 23.6 Å². The van der Waals surface area contributed by atoms with Crippen molar-refractivity contribution in [3.63, 3.8) is 0 Å². The summed E-state index contributed by atoms with van der Waals surface area (Å²) in [6.07, 6.45) is 1.13. The molecule has 10 heteroatoms. The third kappa shape index (κ3) is 4.04. The van der Waals surface area contributed by atoms with E-state index in [1.54, 1.807) is 12.1 Å². The topological polar surface area (TPSA) is 93.1 Å². The van der Waals surface area contributed by atoms with E-state index in [0.29, 0.717) is 16.7 Å². The van der Waals surface area contributed by atoms with Crippen LogP contribution in [0.25, 0.3) is 0 Å². The van der Waals surface area contributed by atoms with Gasteiger partial charge < -0.3 is 24.5 Å². The summed E-state index contributed by atoms with van der Waals surface area (Å²) in [5, 5.41) is 21.4. The zero-order valence-electron chi connectivity index (χ0n) is 19.5. The molecular weight excluding hydrogens is 550 g/mol. The number of halogens is 4. The highest BCUT2D eigenvalue weighted by Gasteiger charge is 2.60. The summed E-state index contributed by atoms with van der Waals surface area (Å²) in [4.78, 5) is 24.7. The van der Waals surface area contributed by atoms with Gasteiger partial charge in [-0.25, -0.2) is 4.79 Å². The number of hydrogen-bond acceptors (Lipinski definition) is 6. The van der Waals surface area contributed by atoms with Gasteiger partial charge in [0.25, 0.3) is 0 Å². The van der Waals surface area contributed by atoms with Crippen molar-refractivity contribution < 1.29 is 29.3 Å². The van der Waals surface area contributed by atoms with Gasteiger partial charge in [-0.2, -0.15) is 0 Å². The summed E-state index contributed by atoms with van der Waals surface area (Å²) in [5.74, 6) is -1.74. The Morgan fingerprint density at radius 2 is 1.64 bits per heavy atom. The van der Waals surface area contributed by atoms with Gasteiger partial charge in [0, 0.05) is 23.6 Å². The fraction of sp³-hybridized carbons (Fsp3) is 0.308. The number of carbonyl (C=O) groups excluding carboxylic acids is 2. The molecular formula is C26H22Cl4O6. The fourth-order valence-electron chi connectivity index (χ4n) is 4.77. The van der Waals surface area contributed by atoms with E-state index in [-0.39, 0.29) is 61.5 Å². The number of phenols is 1. The summed E-state index contributed by atoms with van der Waals surface area (Å²) >= 11 is 25.3. The van der Waals surface area contributed by atoms with Gasteiger partial charge in [-0.3, -0.25) is 0 Å². The molecule has 2 aliphatic heterocycles. The van der Waals surface area contributed by atoms with Crippen LogP contribution in [0.1, 0.15) is 55.1 Å². The van der Waals surface area contributed by atoms with E-state index in [4.69, 9.17) is 55.9 Å². The molecule has 0 fully saturated rings. The smallest absolute Gasteiger partial charge is 0.339 e. The van der Waals surface area contributed by atoms with E-state index in [0.717, 1.165) is 0 Å². The molecule has 6 nitrogen and oxygen atoms in total. The van der Waals surface area contributed by atoms with Crippen LogP contribution in [0.3, 0.4) is 0 Å². The Kier molecular flexibility index (Phi) is 7.28. The van der Waals surface area contributed by atoms with Crippen LogP contribution >= 0.6 is 46.4 Å². The van der Waals surface area contributed by atoms with Crippen molar-refractivity contribution in [1.29, 1.82) is 0 Å². The number of phenolic OH excluding ortho intramolecular Hbond substituents is 1. The van der Waals surface area contributed by atoms with Crippen LogP contribution in [0.5, 0.6) is 11.5 Å². The molecule has 3 aliphatic rings. The monoisotopic (exact) mass is 570 g/mol. The molecule has 2 N–H and O–H groups in total. The van der Waals surface area contributed by atoms with E-state index in [2.05, 4.69) is 0 Å².